The topological polar surface area (TPSA) is 129 Å². The Kier molecular flexibility index (Phi) is 6.86. The van der Waals surface area contributed by atoms with Gasteiger partial charge in [0.05, 0.1) is 35.5 Å². The van der Waals surface area contributed by atoms with E-state index >= 15 is 0 Å². The van der Waals surface area contributed by atoms with Gasteiger partial charge < -0.3 is 25.5 Å². The Labute approximate surface area is 202 Å². The van der Waals surface area contributed by atoms with E-state index in [0.29, 0.717) is 55.0 Å². The second-order valence-electron chi connectivity index (χ2n) is 9.50. The van der Waals surface area contributed by atoms with Crippen LogP contribution >= 0.6 is 11.6 Å². The van der Waals surface area contributed by atoms with Crippen molar-refractivity contribution in [2.24, 2.45) is 13.0 Å². The number of nitrogens with one attached hydrogen (secondary N) is 1. The molecule has 4 rings (SSSR count). The maximum atomic E-state index is 12.8. The van der Waals surface area contributed by atoms with Crippen molar-refractivity contribution in [3.8, 4) is 0 Å². The Morgan fingerprint density at radius 2 is 2.06 bits per heavy atom. The van der Waals surface area contributed by atoms with Gasteiger partial charge in [-0.05, 0) is 44.9 Å². The number of nitrogens with zero attached hydrogens (tertiary/aromatic N) is 5. The fourth-order valence-electron chi connectivity index (χ4n) is 4.21. The lowest BCUT2D eigenvalue weighted by Gasteiger charge is -2.35. The van der Waals surface area contributed by atoms with E-state index < -0.39 is 11.7 Å². The zero-order valence-corrected chi connectivity index (χ0v) is 20.3. The number of hydrogen-bond acceptors (Lipinski definition) is 8. The number of hydrogen-bond donors (Lipinski definition) is 4. The van der Waals surface area contributed by atoms with E-state index in [1.165, 1.54) is 6.20 Å². The standard InChI is InChI=1S/C23H31ClN6O4/c1-23(2,34)7-9-30-18-10-15(4-5-17(18)28(3)22(30)33)26-20-16(24)11-25-21(27-20)29-8-6-19(32)14(12-29)13-31/h4-5,10-11,14,19,31-32,34H,6-9,12-13H2,1-3H3,(H,25,26,27). The lowest BCUT2D eigenvalue weighted by Crippen LogP contribution is -2.45. The molecule has 1 aliphatic heterocycles. The van der Waals surface area contributed by atoms with Crippen molar-refractivity contribution in [3.63, 3.8) is 0 Å². The lowest BCUT2D eigenvalue weighted by molar-refractivity contribution is 0.0522. The highest BCUT2D eigenvalue weighted by molar-refractivity contribution is 6.32. The van der Waals surface area contributed by atoms with E-state index in [1.54, 1.807) is 30.0 Å². The van der Waals surface area contributed by atoms with Gasteiger partial charge in [0.2, 0.25) is 5.95 Å². The summed E-state index contributed by atoms with van der Waals surface area (Å²) in [6.07, 6.45) is 1.93. The van der Waals surface area contributed by atoms with Crippen LogP contribution in [0, 0.1) is 5.92 Å². The summed E-state index contributed by atoms with van der Waals surface area (Å²) < 4.78 is 3.24. The van der Waals surface area contributed by atoms with Gasteiger partial charge in [-0.15, -0.1) is 0 Å². The molecule has 2 unspecified atom stereocenters. The summed E-state index contributed by atoms with van der Waals surface area (Å²) in [6, 6.07) is 5.56. The largest absolute Gasteiger partial charge is 0.396 e. The highest BCUT2D eigenvalue weighted by Crippen LogP contribution is 2.28. The maximum Gasteiger partial charge on any atom is 0.328 e. The number of piperidine rings is 1. The first-order valence-corrected chi connectivity index (χ1v) is 11.7. The summed E-state index contributed by atoms with van der Waals surface area (Å²) in [6.45, 7) is 4.73. The number of fused-ring (bicyclic) bond motifs is 1. The van der Waals surface area contributed by atoms with Crippen LogP contribution in [0.5, 0.6) is 0 Å². The molecule has 2 aromatic heterocycles. The minimum atomic E-state index is -0.887. The number of anilines is 3. The molecule has 2 atom stereocenters. The number of aliphatic hydroxyl groups is 3. The van der Waals surface area contributed by atoms with Crippen LogP contribution in [0.25, 0.3) is 11.0 Å². The van der Waals surface area contributed by atoms with Crippen molar-refractivity contribution in [3.05, 3.63) is 39.9 Å². The van der Waals surface area contributed by atoms with Crippen LogP contribution in [-0.2, 0) is 13.6 Å². The van der Waals surface area contributed by atoms with Crippen molar-refractivity contribution >= 4 is 40.1 Å². The third kappa shape index (κ3) is 5.05. The minimum Gasteiger partial charge on any atom is -0.396 e. The summed E-state index contributed by atoms with van der Waals surface area (Å²) >= 11 is 6.37. The fraction of sp³-hybridized carbons (Fsp3) is 0.522. The Hall–Kier alpha value is -2.66. The SMILES string of the molecule is Cn1c(=O)n(CCC(C)(C)O)c2cc(Nc3nc(N4CCC(O)C(CO)C4)ncc3Cl)ccc21. The molecule has 3 aromatic rings. The molecule has 1 saturated heterocycles. The van der Waals surface area contributed by atoms with E-state index in [9.17, 15) is 20.1 Å². The van der Waals surface area contributed by atoms with Gasteiger partial charge >= 0.3 is 5.69 Å². The quantitative estimate of drug-likeness (QED) is 0.395. The predicted molar refractivity (Wildman–Crippen MR) is 132 cm³/mol. The molecule has 0 radical (unpaired) electrons. The Morgan fingerprint density at radius 1 is 1.29 bits per heavy atom. The number of halogens is 1. The number of aromatic nitrogens is 4. The van der Waals surface area contributed by atoms with Crippen molar-refractivity contribution in [2.45, 2.75) is 44.9 Å². The zero-order valence-electron chi connectivity index (χ0n) is 19.6. The van der Waals surface area contributed by atoms with Crippen LogP contribution in [-0.4, -0.2) is 65.8 Å². The van der Waals surface area contributed by atoms with E-state index in [-0.39, 0.29) is 18.2 Å². The Bertz CT molecular complexity index is 1230. The fourth-order valence-corrected chi connectivity index (χ4v) is 4.34. The smallest absolute Gasteiger partial charge is 0.328 e. The molecule has 0 aliphatic carbocycles. The molecule has 3 heterocycles. The van der Waals surface area contributed by atoms with Crippen molar-refractivity contribution in [1.29, 1.82) is 0 Å². The molecule has 11 heteroatoms. The molecule has 0 saturated carbocycles. The van der Waals surface area contributed by atoms with Gasteiger partial charge in [0.1, 0.15) is 5.02 Å². The summed E-state index contributed by atoms with van der Waals surface area (Å²) in [5.74, 6) is 0.615. The number of imidazole rings is 1. The molecule has 4 N–H and O–H groups in total. The van der Waals surface area contributed by atoms with Crippen LogP contribution in [0.15, 0.2) is 29.2 Å². The molecular formula is C23H31ClN6O4. The van der Waals surface area contributed by atoms with E-state index in [0.717, 1.165) is 11.0 Å². The van der Waals surface area contributed by atoms with E-state index in [2.05, 4.69) is 15.3 Å². The lowest BCUT2D eigenvalue weighted by atomic mass is 9.96. The van der Waals surface area contributed by atoms with Gasteiger partial charge in [-0.1, -0.05) is 11.6 Å². The molecule has 1 fully saturated rings. The molecule has 34 heavy (non-hydrogen) atoms. The third-order valence-corrected chi connectivity index (χ3v) is 6.57. The van der Waals surface area contributed by atoms with Crippen LogP contribution in [0.4, 0.5) is 17.5 Å². The molecule has 1 aliphatic rings. The van der Waals surface area contributed by atoms with Crippen LogP contribution in [0.3, 0.4) is 0 Å². The average molecular weight is 491 g/mol. The van der Waals surface area contributed by atoms with Crippen LogP contribution in [0.2, 0.25) is 5.02 Å². The van der Waals surface area contributed by atoms with Gasteiger partial charge in [0.25, 0.3) is 0 Å². The average Bonchev–Trinajstić information content (AvgIpc) is 3.03. The number of aryl methyl sites for hydroxylation is 2. The molecule has 184 valence electrons. The number of benzene rings is 1. The van der Waals surface area contributed by atoms with E-state index in [1.807, 2.05) is 23.1 Å². The summed E-state index contributed by atoms with van der Waals surface area (Å²) in [4.78, 5) is 23.6. The highest BCUT2D eigenvalue weighted by Gasteiger charge is 2.29. The van der Waals surface area contributed by atoms with Gasteiger partial charge in [-0.25, -0.2) is 9.78 Å². The Morgan fingerprint density at radius 3 is 2.76 bits per heavy atom. The second-order valence-corrected chi connectivity index (χ2v) is 9.90. The summed E-state index contributed by atoms with van der Waals surface area (Å²) in [5, 5.41) is 33.2. The third-order valence-electron chi connectivity index (χ3n) is 6.30. The summed E-state index contributed by atoms with van der Waals surface area (Å²) in [7, 11) is 1.72. The normalized spacial score (nSPS) is 19.1. The van der Waals surface area contributed by atoms with Gasteiger partial charge in [-0.3, -0.25) is 9.13 Å². The minimum absolute atomic E-state index is 0.109. The molecule has 0 bridgehead atoms. The predicted octanol–water partition coefficient (Wildman–Crippen LogP) is 1.87. The van der Waals surface area contributed by atoms with Crippen LogP contribution in [0.1, 0.15) is 26.7 Å². The zero-order chi connectivity index (χ0) is 24.6. The maximum absolute atomic E-state index is 12.8. The monoisotopic (exact) mass is 490 g/mol. The van der Waals surface area contributed by atoms with Crippen molar-refractivity contribution in [1.82, 2.24) is 19.1 Å². The highest BCUT2D eigenvalue weighted by atomic mass is 35.5. The van der Waals surface area contributed by atoms with Gasteiger partial charge in [-0.2, -0.15) is 4.98 Å². The molecule has 10 nitrogen and oxygen atoms in total. The number of aliphatic hydroxyl groups excluding tert-OH is 2. The number of rotatable bonds is 7. The second kappa shape index (κ2) is 9.53. The molecule has 1 aromatic carbocycles. The first-order valence-electron chi connectivity index (χ1n) is 11.3. The van der Waals surface area contributed by atoms with E-state index in [4.69, 9.17) is 11.6 Å². The van der Waals surface area contributed by atoms with Gasteiger partial charge in [0, 0.05) is 38.3 Å². The summed E-state index contributed by atoms with van der Waals surface area (Å²) in [5.41, 5.74) is 1.18. The molecule has 0 spiro atoms. The first kappa shape index (κ1) is 24.5. The van der Waals surface area contributed by atoms with Gasteiger partial charge in [0.15, 0.2) is 5.82 Å². The molecular weight excluding hydrogens is 460 g/mol. The van der Waals surface area contributed by atoms with Crippen molar-refractivity contribution < 1.29 is 15.3 Å². The van der Waals surface area contributed by atoms with Crippen molar-refractivity contribution in [2.75, 3.05) is 29.9 Å². The Balaban J connectivity index is 1.62. The first-order chi connectivity index (χ1) is 16.1. The molecule has 0 amide bonds. The van der Waals surface area contributed by atoms with Crippen LogP contribution < -0.4 is 15.9 Å².